The van der Waals surface area contributed by atoms with Crippen LogP contribution in [0.3, 0.4) is 0 Å². The van der Waals surface area contributed by atoms with Crippen molar-refractivity contribution in [3.05, 3.63) is 35.6 Å². The van der Waals surface area contributed by atoms with Gasteiger partial charge in [0.05, 0.1) is 12.8 Å². The highest BCUT2D eigenvalue weighted by atomic mass is 19.1. The van der Waals surface area contributed by atoms with Crippen molar-refractivity contribution in [2.75, 3.05) is 6.54 Å². The second kappa shape index (κ2) is 10.6. The van der Waals surface area contributed by atoms with Gasteiger partial charge in [0, 0.05) is 26.3 Å². The van der Waals surface area contributed by atoms with Crippen LogP contribution in [-0.2, 0) is 25.7 Å². The quantitative estimate of drug-likeness (QED) is 0.512. The molecular weight excluding hydrogens is 398 g/mol. The van der Waals surface area contributed by atoms with E-state index < -0.39 is 47.6 Å². The van der Waals surface area contributed by atoms with E-state index in [-0.39, 0.29) is 32.4 Å². The molecule has 0 bridgehead atoms. The molecule has 30 heavy (non-hydrogen) atoms. The highest BCUT2D eigenvalue weighted by molar-refractivity contribution is 6.26. The molecule has 0 aromatic heterocycles. The number of carbonyl (C=O) groups is 4. The average molecular weight is 422 g/mol. The maximum Gasteiger partial charge on any atom is 0.243 e. The number of Topliss-reactive ketones (excluding diaryl/α,β-unsaturated/α-hetero) is 1. The number of ketones is 1. The highest BCUT2D eigenvalue weighted by Gasteiger charge is 2.39. The van der Waals surface area contributed by atoms with E-state index in [4.69, 9.17) is 5.41 Å². The van der Waals surface area contributed by atoms with Crippen LogP contribution in [0.1, 0.15) is 31.7 Å². The number of likely N-dealkylation sites (tertiary alicyclic amines) is 1. The summed E-state index contributed by atoms with van der Waals surface area (Å²) in [6.07, 6.45) is -1.10. The van der Waals surface area contributed by atoms with Gasteiger partial charge in [0.1, 0.15) is 24.1 Å². The lowest BCUT2D eigenvalue weighted by Gasteiger charge is -2.25. The molecule has 3 atom stereocenters. The fourth-order valence-electron chi connectivity index (χ4n) is 3.19. The molecule has 8 nitrogen and oxygen atoms in total. The third-order valence-electron chi connectivity index (χ3n) is 4.81. The Bertz CT molecular complexity index is 816. The van der Waals surface area contributed by atoms with E-state index in [2.05, 4.69) is 10.6 Å². The standard InChI is InChI=1S/C20H24F2N4O4/c1-12(27)26-11-15(22)8-18(26)20(30)25-17(7-6-16(28)9-23)19(29)24-10-13-2-4-14(21)5-3-13/h2-5,9,15,17-18,23H,6-8,10-11H2,1H3,(H,24,29)(H,25,30)/t15-,17-,18-/m0/s1. The minimum atomic E-state index is -1.34. The Labute approximate surface area is 172 Å². The van der Waals surface area contributed by atoms with Crippen molar-refractivity contribution in [3.63, 3.8) is 0 Å². The summed E-state index contributed by atoms with van der Waals surface area (Å²) < 4.78 is 26.7. The number of amides is 3. The Balaban J connectivity index is 2.05. The lowest BCUT2D eigenvalue weighted by atomic mass is 10.1. The minimum absolute atomic E-state index is 0.0684. The number of nitrogens with one attached hydrogen (secondary N) is 3. The summed E-state index contributed by atoms with van der Waals surface area (Å²) in [5.74, 6) is -2.66. The molecule has 1 fully saturated rings. The van der Waals surface area contributed by atoms with Gasteiger partial charge in [-0.25, -0.2) is 8.78 Å². The molecule has 0 saturated carbocycles. The van der Waals surface area contributed by atoms with Gasteiger partial charge in [-0.05, 0) is 24.1 Å². The molecule has 1 aliphatic heterocycles. The molecule has 3 amide bonds. The maximum absolute atomic E-state index is 13.7. The molecule has 2 rings (SSSR count). The van der Waals surface area contributed by atoms with E-state index in [1.807, 2.05) is 0 Å². The largest absolute Gasteiger partial charge is 0.350 e. The fourth-order valence-corrected chi connectivity index (χ4v) is 3.19. The first-order valence-corrected chi connectivity index (χ1v) is 9.48. The van der Waals surface area contributed by atoms with Gasteiger partial charge in [-0.15, -0.1) is 0 Å². The zero-order valence-electron chi connectivity index (χ0n) is 16.5. The first-order valence-electron chi connectivity index (χ1n) is 9.48. The Morgan fingerprint density at radius 2 is 1.93 bits per heavy atom. The Kier molecular flexibility index (Phi) is 8.14. The van der Waals surface area contributed by atoms with E-state index in [0.717, 1.165) is 4.90 Å². The SMILES string of the molecule is CC(=O)N1C[C@@H](F)C[C@H]1C(=O)N[C@@H](CCC(=O)C=N)C(=O)NCc1ccc(F)cc1. The van der Waals surface area contributed by atoms with Crippen molar-refractivity contribution in [3.8, 4) is 0 Å². The van der Waals surface area contributed by atoms with Crippen LogP contribution in [0.2, 0.25) is 0 Å². The van der Waals surface area contributed by atoms with Gasteiger partial charge in [0.25, 0.3) is 0 Å². The molecule has 1 heterocycles. The van der Waals surface area contributed by atoms with Crippen molar-refractivity contribution in [1.82, 2.24) is 15.5 Å². The summed E-state index contributed by atoms with van der Waals surface area (Å²) in [5, 5.41) is 12.1. The second-order valence-corrected chi connectivity index (χ2v) is 7.07. The van der Waals surface area contributed by atoms with Crippen LogP contribution >= 0.6 is 0 Å². The number of hydrogen-bond acceptors (Lipinski definition) is 5. The fraction of sp³-hybridized carbons (Fsp3) is 0.450. The van der Waals surface area contributed by atoms with Crippen LogP contribution in [0.25, 0.3) is 0 Å². The van der Waals surface area contributed by atoms with Gasteiger partial charge in [-0.2, -0.15) is 0 Å². The van der Waals surface area contributed by atoms with E-state index in [1.165, 1.54) is 31.2 Å². The number of carbonyl (C=O) groups excluding carboxylic acids is 4. The van der Waals surface area contributed by atoms with Crippen molar-refractivity contribution >= 4 is 29.7 Å². The van der Waals surface area contributed by atoms with Crippen molar-refractivity contribution < 1.29 is 28.0 Å². The van der Waals surface area contributed by atoms with Crippen LogP contribution in [-0.4, -0.2) is 59.4 Å². The normalized spacial score (nSPS) is 19.1. The summed E-state index contributed by atoms with van der Waals surface area (Å²) in [5.41, 5.74) is 0.629. The van der Waals surface area contributed by atoms with E-state index in [9.17, 15) is 28.0 Å². The molecule has 10 heteroatoms. The zero-order chi connectivity index (χ0) is 22.3. The van der Waals surface area contributed by atoms with Crippen molar-refractivity contribution in [2.45, 2.75) is 51.0 Å². The molecule has 3 N–H and O–H groups in total. The molecule has 0 radical (unpaired) electrons. The lowest BCUT2D eigenvalue weighted by Crippen LogP contribution is -2.52. The number of halogens is 2. The van der Waals surface area contributed by atoms with Crippen LogP contribution in [0.15, 0.2) is 24.3 Å². The van der Waals surface area contributed by atoms with Gasteiger partial charge in [-0.1, -0.05) is 12.1 Å². The molecule has 0 aliphatic carbocycles. The number of alkyl halides is 1. The summed E-state index contributed by atoms with van der Waals surface area (Å²) in [6.45, 7) is 1.11. The summed E-state index contributed by atoms with van der Waals surface area (Å²) >= 11 is 0. The van der Waals surface area contributed by atoms with Crippen LogP contribution in [0.4, 0.5) is 8.78 Å². The number of rotatable bonds is 9. The van der Waals surface area contributed by atoms with Gasteiger partial charge >= 0.3 is 0 Å². The summed E-state index contributed by atoms with van der Waals surface area (Å²) in [7, 11) is 0. The Hall–Kier alpha value is -3.17. The molecule has 1 saturated heterocycles. The van der Waals surface area contributed by atoms with Crippen LogP contribution in [0.5, 0.6) is 0 Å². The van der Waals surface area contributed by atoms with Gasteiger partial charge in [0.2, 0.25) is 17.7 Å². The molecule has 1 aliphatic rings. The molecule has 1 aromatic carbocycles. The van der Waals surface area contributed by atoms with Crippen LogP contribution in [0, 0.1) is 11.2 Å². The number of hydrogen-bond donors (Lipinski definition) is 3. The summed E-state index contributed by atoms with van der Waals surface area (Å²) in [4.78, 5) is 49.4. The first-order chi connectivity index (χ1) is 14.2. The second-order valence-electron chi connectivity index (χ2n) is 7.07. The molecule has 162 valence electrons. The predicted octanol–water partition coefficient (Wildman–Crippen LogP) is 0.884. The minimum Gasteiger partial charge on any atom is -0.350 e. The van der Waals surface area contributed by atoms with E-state index >= 15 is 0 Å². The maximum atomic E-state index is 13.7. The van der Waals surface area contributed by atoms with Gasteiger partial charge < -0.3 is 20.9 Å². The number of nitrogens with zero attached hydrogens (tertiary/aromatic N) is 1. The van der Waals surface area contributed by atoms with Gasteiger partial charge in [0.15, 0.2) is 5.78 Å². The third kappa shape index (κ3) is 6.43. The Morgan fingerprint density at radius 3 is 2.53 bits per heavy atom. The van der Waals surface area contributed by atoms with E-state index in [0.29, 0.717) is 11.8 Å². The zero-order valence-corrected chi connectivity index (χ0v) is 16.5. The first kappa shape index (κ1) is 23.1. The van der Waals surface area contributed by atoms with Crippen LogP contribution < -0.4 is 10.6 Å². The predicted molar refractivity (Wildman–Crippen MR) is 104 cm³/mol. The van der Waals surface area contributed by atoms with Crippen molar-refractivity contribution in [2.24, 2.45) is 0 Å². The smallest absolute Gasteiger partial charge is 0.243 e. The highest BCUT2D eigenvalue weighted by Crippen LogP contribution is 2.21. The molecular formula is C20H24F2N4O4. The molecule has 0 spiro atoms. The third-order valence-corrected chi connectivity index (χ3v) is 4.81. The Morgan fingerprint density at radius 1 is 1.27 bits per heavy atom. The summed E-state index contributed by atoms with van der Waals surface area (Å²) in [6, 6.07) is 3.32. The van der Waals surface area contributed by atoms with Gasteiger partial charge in [-0.3, -0.25) is 19.2 Å². The number of benzene rings is 1. The molecule has 0 unspecified atom stereocenters. The average Bonchev–Trinajstić information content (AvgIpc) is 3.12. The molecule has 1 aromatic rings. The van der Waals surface area contributed by atoms with E-state index in [1.54, 1.807) is 0 Å². The lowest BCUT2D eigenvalue weighted by molar-refractivity contribution is -0.138. The monoisotopic (exact) mass is 422 g/mol. The van der Waals surface area contributed by atoms with Crippen molar-refractivity contribution in [1.29, 1.82) is 5.41 Å². The topological polar surface area (TPSA) is 119 Å².